The fraction of sp³-hybridized carbons (Fsp3) is 0.500. The summed E-state index contributed by atoms with van der Waals surface area (Å²) in [5, 5.41) is 6.00. The summed E-state index contributed by atoms with van der Waals surface area (Å²) in [4.78, 5) is 12.1. The van der Waals surface area contributed by atoms with Crippen LogP contribution < -0.4 is 15.4 Å². The van der Waals surface area contributed by atoms with Gasteiger partial charge in [0.1, 0.15) is 0 Å². The Hall–Kier alpha value is -1.19. The van der Waals surface area contributed by atoms with E-state index >= 15 is 0 Å². The molecule has 130 valence electrons. The van der Waals surface area contributed by atoms with Crippen LogP contribution in [0.25, 0.3) is 0 Å². The largest absolute Gasteiger partial charge is 0.378 e. The summed E-state index contributed by atoms with van der Waals surface area (Å²) >= 11 is 0. The Labute approximate surface area is 142 Å². The van der Waals surface area contributed by atoms with Crippen LogP contribution in [0.5, 0.6) is 0 Å². The van der Waals surface area contributed by atoms with Crippen molar-refractivity contribution >= 4 is 28.3 Å². The number of hydrogen-bond donors (Lipinski definition) is 3. The summed E-state index contributed by atoms with van der Waals surface area (Å²) in [7, 11) is -2.11. The topological polar surface area (TPSA) is 96.5 Å². The molecule has 1 fully saturated rings. The number of hydrogen-bond acceptors (Lipinski definition) is 5. The molecule has 3 N–H and O–H groups in total. The fourth-order valence-electron chi connectivity index (χ4n) is 2.19. The number of ether oxygens (including phenoxy) is 1. The van der Waals surface area contributed by atoms with Crippen molar-refractivity contribution in [2.75, 3.05) is 26.8 Å². The molecule has 0 saturated carbocycles. The van der Waals surface area contributed by atoms with E-state index in [4.69, 9.17) is 4.74 Å². The van der Waals surface area contributed by atoms with Gasteiger partial charge in [-0.2, -0.15) is 0 Å². The van der Waals surface area contributed by atoms with Crippen LogP contribution in [-0.2, 0) is 26.1 Å². The smallest absolute Gasteiger partial charge is 0.240 e. The summed E-state index contributed by atoms with van der Waals surface area (Å²) in [6, 6.07) is 6.53. The maximum atomic E-state index is 11.9. The van der Waals surface area contributed by atoms with Gasteiger partial charge in [-0.1, -0.05) is 12.1 Å². The van der Waals surface area contributed by atoms with Gasteiger partial charge in [-0.05, 0) is 24.7 Å². The predicted octanol–water partition coefficient (Wildman–Crippen LogP) is 0.0112. The average molecular weight is 364 g/mol. The lowest BCUT2D eigenvalue weighted by atomic mass is 10.2. The summed E-state index contributed by atoms with van der Waals surface area (Å²) in [5.41, 5.74) is 0.734. The fourth-order valence-corrected chi connectivity index (χ4v) is 2.99. The van der Waals surface area contributed by atoms with Gasteiger partial charge < -0.3 is 15.4 Å². The van der Waals surface area contributed by atoms with E-state index in [1.807, 2.05) is 0 Å². The highest BCUT2D eigenvalue weighted by Gasteiger charge is 2.17. The van der Waals surface area contributed by atoms with Gasteiger partial charge in [0.15, 0.2) is 0 Å². The number of benzene rings is 1. The summed E-state index contributed by atoms with van der Waals surface area (Å²) in [6.07, 6.45) is 0.342. The van der Waals surface area contributed by atoms with Crippen molar-refractivity contribution in [1.82, 2.24) is 15.4 Å². The first-order valence-corrected chi connectivity index (χ1v) is 8.60. The van der Waals surface area contributed by atoms with E-state index in [2.05, 4.69) is 15.4 Å². The van der Waals surface area contributed by atoms with E-state index in [9.17, 15) is 13.2 Å². The van der Waals surface area contributed by atoms with Crippen molar-refractivity contribution in [3.8, 4) is 0 Å². The van der Waals surface area contributed by atoms with Crippen molar-refractivity contribution < 1.29 is 17.9 Å². The maximum absolute atomic E-state index is 11.9. The van der Waals surface area contributed by atoms with Crippen LogP contribution in [0.3, 0.4) is 0 Å². The zero-order valence-electron chi connectivity index (χ0n) is 12.9. The molecule has 1 atom stereocenters. The van der Waals surface area contributed by atoms with Crippen molar-refractivity contribution in [3.63, 3.8) is 0 Å². The standard InChI is InChI=1S/C14H21N3O4S.ClH/c1-15-22(19,20)13-4-2-3-11(7-13)9-17-14(18)8-12-10-21-6-5-16-12;/h2-4,7,12,15-16H,5-6,8-10H2,1H3,(H,17,18);1H. The van der Waals surface area contributed by atoms with Crippen LogP contribution in [0.2, 0.25) is 0 Å². The minimum absolute atomic E-state index is 0. The minimum Gasteiger partial charge on any atom is -0.378 e. The van der Waals surface area contributed by atoms with Crippen molar-refractivity contribution in [1.29, 1.82) is 0 Å². The average Bonchev–Trinajstić information content (AvgIpc) is 2.54. The summed E-state index contributed by atoms with van der Waals surface area (Å²) < 4.78 is 31.0. The molecule has 1 heterocycles. The van der Waals surface area contributed by atoms with Crippen LogP contribution in [-0.4, -0.2) is 47.2 Å². The van der Waals surface area contributed by atoms with Crippen LogP contribution in [0.1, 0.15) is 12.0 Å². The molecular formula is C14H22ClN3O4S. The van der Waals surface area contributed by atoms with E-state index < -0.39 is 10.0 Å². The van der Waals surface area contributed by atoms with Crippen LogP contribution >= 0.6 is 12.4 Å². The third-order valence-corrected chi connectivity index (χ3v) is 4.81. The van der Waals surface area contributed by atoms with Gasteiger partial charge in [-0.3, -0.25) is 4.79 Å². The Morgan fingerprint density at radius 2 is 2.22 bits per heavy atom. The van der Waals surface area contributed by atoms with Crippen LogP contribution in [0, 0.1) is 0 Å². The Bertz CT molecular complexity index is 618. The number of halogens is 1. The Morgan fingerprint density at radius 3 is 2.87 bits per heavy atom. The molecule has 1 aliphatic heterocycles. The van der Waals surface area contributed by atoms with Crippen molar-refractivity contribution in [2.24, 2.45) is 0 Å². The first-order chi connectivity index (χ1) is 10.5. The maximum Gasteiger partial charge on any atom is 0.240 e. The van der Waals surface area contributed by atoms with Crippen molar-refractivity contribution in [2.45, 2.75) is 23.9 Å². The van der Waals surface area contributed by atoms with Gasteiger partial charge in [0, 0.05) is 25.6 Å². The number of sulfonamides is 1. The highest BCUT2D eigenvalue weighted by Crippen LogP contribution is 2.11. The number of nitrogens with one attached hydrogen (secondary N) is 3. The number of morpholine rings is 1. The summed E-state index contributed by atoms with van der Waals surface area (Å²) in [5.74, 6) is -0.0927. The zero-order chi connectivity index (χ0) is 16.0. The van der Waals surface area contributed by atoms with E-state index in [0.29, 0.717) is 26.2 Å². The lowest BCUT2D eigenvalue weighted by molar-refractivity contribution is -0.122. The molecule has 23 heavy (non-hydrogen) atoms. The minimum atomic E-state index is -3.47. The van der Waals surface area contributed by atoms with Gasteiger partial charge in [0.2, 0.25) is 15.9 Å². The molecule has 0 aliphatic carbocycles. The molecule has 1 saturated heterocycles. The van der Waals surface area contributed by atoms with E-state index in [-0.39, 0.29) is 29.3 Å². The molecule has 1 aromatic carbocycles. The van der Waals surface area contributed by atoms with E-state index in [1.54, 1.807) is 18.2 Å². The molecule has 1 unspecified atom stereocenters. The Balaban J connectivity index is 0.00000264. The number of carbonyl (C=O) groups excluding carboxylic acids is 1. The predicted molar refractivity (Wildman–Crippen MR) is 89.0 cm³/mol. The molecule has 0 spiro atoms. The van der Waals surface area contributed by atoms with Gasteiger partial charge in [0.25, 0.3) is 0 Å². The zero-order valence-corrected chi connectivity index (χ0v) is 14.5. The second-order valence-electron chi connectivity index (χ2n) is 5.06. The van der Waals surface area contributed by atoms with Crippen LogP contribution in [0.15, 0.2) is 29.2 Å². The monoisotopic (exact) mass is 363 g/mol. The molecule has 1 amide bonds. The third kappa shape index (κ3) is 6.08. The molecule has 1 aromatic rings. The first kappa shape index (κ1) is 19.9. The van der Waals surface area contributed by atoms with Crippen LogP contribution in [0.4, 0.5) is 0 Å². The van der Waals surface area contributed by atoms with Gasteiger partial charge in [-0.15, -0.1) is 12.4 Å². The normalized spacial score (nSPS) is 18.0. The molecule has 7 nitrogen and oxygen atoms in total. The van der Waals surface area contributed by atoms with Gasteiger partial charge in [0.05, 0.1) is 18.1 Å². The molecular weight excluding hydrogens is 342 g/mol. The Morgan fingerprint density at radius 1 is 1.43 bits per heavy atom. The lowest BCUT2D eigenvalue weighted by Crippen LogP contribution is -2.44. The van der Waals surface area contributed by atoms with Gasteiger partial charge in [-0.25, -0.2) is 13.1 Å². The molecule has 2 rings (SSSR count). The molecule has 1 aliphatic rings. The number of rotatable bonds is 6. The highest BCUT2D eigenvalue weighted by atomic mass is 35.5. The molecule has 0 aromatic heterocycles. The first-order valence-electron chi connectivity index (χ1n) is 7.11. The molecule has 0 bridgehead atoms. The van der Waals surface area contributed by atoms with E-state index in [1.165, 1.54) is 13.1 Å². The second-order valence-corrected chi connectivity index (χ2v) is 6.95. The lowest BCUT2D eigenvalue weighted by Gasteiger charge is -2.23. The van der Waals surface area contributed by atoms with Crippen molar-refractivity contribution in [3.05, 3.63) is 29.8 Å². The van der Waals surface area contributed by atoms with E-state index in [0.717, 1.165) is 12.1 Å². The SMILES string of the molecule is CNS(=O)(=O)c1cccc(CNC(=O)CC2COCCN2)c1.Cl. The second kappa shape index (κ2) is 9.19. The molecule has 0 radical (unpaired) electrons. The van der Waals surface area contributed by atoms with Gasteiger partial charge >= 0.3 is 0 Å². The Kier molecular flexibility index (Phi) is 7.93. The quantitative estimate of drug-likeness (QED) is 0.661. The number of carbonyl (C=O) groups is 1. The molecule has 9 heteroatoms. The third-order valence-electron chi connectivity index (χ3n) is 3.40. The number of amides is 1. The highest BCUT2D eigenvalue weighted by molar-refractivity contribution is 7.89. The summed E-state index contributed by atoms with van der Waals surface area (Å²) in [6.45, 7) is 2.25.